The molecule has 0 saturated carbocycles. The number of aromatic nitrogens is 1. The largest absolute Gasteiger partial charge is 0.479 e. The van der Waals surface area contributed by atoms with Crippen LogP contribution < -0.4 is 0 Å². The van der Waals surface area contributed by atoms with Gasteiger partial charge in [-0.2, -0.15) is 0 Å². The molecule has 1 amide bonds. The molecule has 1 unspecified atom stereocenters. The highest BCUT2D eigenvalue weighted by Crippen LogP contribution is 2.19. The number of carboxylic acid groups (broad SMARTS) is 1. The quantitative estimate of drug-likeness (QED) is 0.858. The van der Waals surface area contributed by atoms with Gasteiger partial charge in [-0.1, -0.05) is 0 Å². The second-order valence-electron chi connectivity index (χ2n) is 4.25. The number of thiazole rings is 1. The zero-order chi connectivity index (χ0) is 13.3. The molecule has 0 aromatic carbocycles. The molecule has 2 heterocycles. The van der Waals surface area contributed by atoms with Gasteiger partial charge in [-0.3, -0.25) is 4.79 Å². The fourth-order valence-corrected chi connectivity index (χ4v) is 2.67. The van der Waals surface area contributed by atoms with Crippen molar-refractivity contribution in [3.8, 4) is 0 Å². The van der Waals surface area contributed by atoms with Gasteiger partial charge in [0.2, 0.25) is 0 Å². The first-order valence-corrected chi connectivity index (χ1v) is 6.44. The fraction of sp³-hybridized carbons (Fsp3) is 0.545. The van der Waals surface area contributed by atoms with Crippen LogP contribution in [0.15, 0.2) is 5.51 Å². The van der Waals surface area contributed by atoms with Crippen molar-refractivity contribution in [3.05, 3.63) is 16.1 Å². The predicted octanol–water partition coefficient (Wildman–Crippen LogP) is 0.766. The number of aryl methyl sites for hydroxylation is 1. The van der Waals surface area contributed by atoms with E-state index in [9.17, 15) is 9.59 Å². The summed E-state index contributed by atoms with van der Waals surface area (Å²) in [6.07, 6.45) is -1.23. The Morgan fingerprint density at radius 1 is 1.56 bits per heavy atom. The van der Waals surface area contributed by atoms with E-state index < -0.39 is 12.1 Å². The standard InChI is InChI=1S/C11H14N2O4S/c1-6-3-13(4-8(17-6)11(15)16)10(14)9-7(2)12-5-18-9/h5-6,8H,3-4H2,1-2H3,(H,15,16)/t6-,8?/m1/s1. The van der Waals surface area contributed by atoms with Gasteiger partial charge < -0.3 is 14.7 Å². The minimum atomic E-state index is -1.04. The number of rotatable bonds is 2. The maximum absolute atomic E-state index is 12.2. The summed E-state index contributed by atoms with van der Waals surface area (Å²) < 4.78 is 5.27. The molecule has 1 aliphatic heterocycles. The van der Waals surface area contributed by atoms with Crippen molar-refractivity contribution >= 4 is 23.2 Å². The van der Waals surface area contributed by atoms with Crippen molar-refractivity contribution in [2.24, 2.45) is 0 Å². The molecule has 2 rings (SSSR count). The van der Waals surface area contributed by atoms with E-state index in [1.54, 1.807) is 19.4 Å². The molecule has 1 fully saturated rings. The van der Waals surface area contributed by atoms with Crippen LogP contribution in [-0.2, 0) is 9.53 Å². The number of carbonyl (C=O) groups is 2. The average Bonchev–Trinajstić information content (AvgIpc) is 2.73. The van der Waals surface area contributed by atoms with Crippen LogP contribution in [0.25, 0.3) is 0 Å². The van der Waals surface area contributed by atoms with Crippen LogP contribution in [0.5, 0.6) is 0 Å². The summed E-state index contributed by atoms with van der Waals surface area (Å²) in [5, 5.41) is 8.97. The van der Waals surface area contributed by atoms with Crippen LogP contribution in [0, 0.1) is 6.92 Å². The molecule has 1 aliphatic rings. The zero-order valence-electron chi connectivity index (χ0n) is 10.1. The van der Waals surface area contributed by atoms with Crippen LogP contribution in [0.2, 0.25) is 0 Å². The van der Waals surface area contributed by atoms with Gasteiger partial charge in [0.1, 0.15) is 4.88 Å². The van der Waals surface area contributed by atoms with E-state index in [0.29, 0.717) is 17.1 Å². The predicted molar refractivity (Wildman–Crippen MR) is 64.7 cm³/mol. The van der Waals surface area contributed by atoms with Crippen LogP contribution in [0.4, 0.5) is 0 Å². The van der Waals surface area contributed by atoms with Crippen molar-refractivity contribution in [2.75, 3.05) is 13.1 Å². The third kappa shape index (κ3) is 2.51. The van der Waals surface area contributed by atoms with Crippen molar-refractivity contribution < 1.29 is 19.4 Å². The molecule has 98 valence electrons. The lowest BCUT2D eigenvalue weighted by molar-refractivity contribution is -0.160. The summed E-state index contributed by atoms with van der Waals surface area (Å²) in [6, 6.07) is 0. The summed E-state index contributed by atoms with van der Waals surface area (Å²) in [7, 11) is 0. The van der Waals surface area contributed by atoms with Crippen LogP contribution in [0.3, 0.4) is 0 Å². The Morgan fingerprint density at radius 3 is 2.83 bits per heavy atom. The number of nitrogens with zero attached hydrogens (tertiary/aromatic N) is 2. The molecule has 18 heavy (non-hydrogen) atoms. The molecule has 1 saturated heterocycles. The minimum absolute atomic E-state index is 0.0792. The third-order valence-corrected chi connectivity index (χ3v) is 3.68. The second-order valence-corrected chi connectivity index (χ2v) is 5.11. The number of ether oxygens (including phenoxy) is 1. The highest BCUT2D eigenvalue weighted by molar-refractivity contribution is 7.11. The lowest BCUT2D eigenvalue weighted by Crippen LogP contribution is -2.51. The number of carboxylic acids is 1. The first kappa shape index (κ1) is 13.0. The van der Waals surface area contributed by atoms with Gasteiger partial charge >= 0.3 is 5.97 Å². The highest BCUT2D eigenvalue weighted by atomic mass is 32.1. The normalized spacial score (nSPS) is 24.0. The molecule has 1 N–H and O–H groups in total. The molecule has 0 bridgehead atoms. The van der Waals surface area contributed by atoms with Crippen LogP contribution in [0.1, 0.15) is 22.3 Å². The Balaban J connectivity index is 2.15. The first-order valence-electron chi connectivity index (χ1n) is 5.56. The van der Waals surface area contributed by atoms with E-state index in [4.69, 9.17) is 9.84 Å². The lowest BCUT2D eigenvalue weighted by Gasteiger charge is -2.34. The number of amides is 1. The molecular formula is C11H14N2O4S. The topological polar surface area (TPSA) is 79.7 Å². The number of aliphatic carboxylic acids is 1. The maximum Gasteiger partial charge on any atom is 0.334 e. The van der Waals surface area contributed by atoms with E-state index in [2.05, 4.69) is 4.98 Å². The summed E-state index contributed by atoms with van der Waals surface area (Å²) in [5.41, 5.74) is 2.29. The molecule has 7 heteroatoms. The number of hydrogen-bond donors (Lipinski definition) is 1. The van der Waals surface area contributed by atoms with Crippen molar-refractivity contribution in [3.63, 3.8) is 0 Å². The van der Waals surface area contributed by atoms with Gasteiger partial charge in [0.05, 0.1) is 23.9 Å². The summed E-state index contributed by atoms with van der Waals surface area (Å²) in [5.74, 6) is -1.21. The maximum atomic E-state index is 12.2. The zero-order valence-corrected chi connectivity index (χ0v) is 10.9. The van der Waals surface area contributed by atoms with Gasteiger partial charge in [-0.15, -0.1) is 11.3 Å². The molecule has 2 atom stereocenters. The minimum Gasteiger partial charge on any atom is -0.479 e. The molecular weight excluding hydrogens is 256 g/mol. The third-order valence-electron chi connectivity index (χ3n) is 2.76. The van der Waals surface area contributed by atoms with Gasteiger partial charge in [-0.25, -0.2) is 9.78 Å². The van der Waals surface area contributed by atoms with E-state index in [-0.39, 0.29) is 18.6 Å². The Hall–Kier alpha value is -1.47. The number of carbonyl (C=O) groups excluding carboxylic acids is 1. The van der Waals surface area contributed by atoms with E-state index in [1.165, 1.54) is 16.2 Å². The average molecular weight is 270 g/mol. The van der Waals surface area contributed by atoms with Gasteiger partial charge in [0, 0.05) is 6.54 Å². The first-order chi connectivity index (χ1) is 8.49. The molecule has 0 radical (unpaired) electrons. The Morgan fingerprint density at radius 2 is 2.28 bits per heavy atom. The van der Waals surface area contributed by atoms with E-state index in [0.717, 1.165) is 0 Å². The van der Waals surface area contributed by atoms with E-state index >= 15 is 0 Å². The number of hydrogen-bond acceptors (Lipinski definition) is 5. The smallest absolute Gasteiger partial charge is 0.334 e. The molecule has 0 aliphatic carbocycles. The lowest BCUT2D eigenvalue weighted by atomic mass is 10.2. The van der Waals surface area contributed by atoms with Crippen molar-refractivity contribution in [1.29, 1.82) is 0 Å². The molecule has 6 nitrogen and oxygen atoms in total. The van der Waals surface area contributed by atoms with Crippen molar-refractivity contribution in [1.82, 2.24) is 9.88 Å². The molecule has 1 aromatic heterocycles. The molecule has 1 aromatic rings. The summed E-state index contributed by atoms with van der Waals surface area (Å²) in [4.78, 5) is 29.3. The summed E-state index contributed by atoms with van der Waals surface area (Å²) in [6.45, 7) is 4.01. The van der Waals surface area contributed by atoms with Gasteiger partial charge in [-0.05, 0) is 13.8 Å². The van der Waals surface area contributed by atoms with Gasteiger partial charge in [0.25, 0.3) is 5.91 Å². The molecule has 0 spiro atoms. The van der Waals surface area contributed by atoms with E-state index in [1.807, 2.05) is 0 Å². The second kappa shape index (κ2) is 5.03. The SMILES string of the molecule is Cc1ncsc1C(=O)N1CC(C(=O)O)O[C@H](C)C1. The van der Waals surface area contributed by atoms with Crippen molar-refractivity contribution in [2.45, 2.75) is 26.1 Å². The Kier molecular flexibility index (Phi) is 3.63. The summed E-state index contributed by atoms with van der Waals surface area (Å²) >= 11 is 1.27. The monoisotopic (exact) mass is 270 g/mol. The highest BCUT2D eigenvalue weighted by Gasteiger charge is 2.33. The Labute approximate surface area is 108 Å². The fourth-order valence-electron chi connectivity index (χ4n) is 1.90. The van der Waals surface area contributed by atoms with Gasteiger partial charge in [0.15, 0.2) is 6.10 Å². The number of morpholine rings is 1. The van der Waals surface area contributed by atoms with Crippen LogP contribution >= 0.6 is 11.3 Å². The van der Waals surface area contributed by atoms with Crippen LogP contribution in [-0.4, -0.2) is 52.2 Å². The Bertz CT molecular complexity index is 473.